The zero-order valence-electron chi connectivity index (χ0n) is 18.2. The number of rotatable bonds is 8. The molecule has 1 N–H and O–H groups in total. The molecule has 3 rings (SSSR count). The minimum absolute atomic E-state index is 0.0212. The molecule has 0 bridgehead atoms. The van der Waals surface area contributed by atoms with Crippen molar-refractivity contribution in [2.45, 2.75) is 38.8 Å². The lowest BCUT2D eigenvalue weighted by molar-refractivity contribution is -0.131. The van der Waals surface area contributed by atoms with E-state index in [1.807, 2.05) is 67.5 Å². The van der Waals surface area contributed by atoms with Crippen LogP contribution >= 0.6 is 0 Å². The second kappa shape index (κ2) is 9.65. The fourth-order valence-corrected chi connectivity index (χ4v) is 3.44. The first-order chi connectivity index (χ1) is 14.4. The van der Waals surface area contributed by atoms with Crippen LogP contribution in [0.4, 0.5) is 11.4 Å². The van der Waals surface area contributed by atoms with Gasteiger partial charge in [-0.1, -0.05) is 18.6 Å². The van der Waals surface area contributed by atoms with Crippen LogP contribution in [0.15, 0.2) is 48.5 Å². The summed E-state index contributed by atoms with van der Waals surface area (Å²) in [4.78, 5) is 29.4. The van der Waals surface area contributed by atoms with E-state index in [1.165, 1.54) is 0 Å². The molecule has 0 radical (unpaired) electrons. The summed E-state index contributed by atoms with van der Waals surface area (Å²) in [6.45, 7) is 2.17. The number of hydrogen-bond donors (Lipinski definition) is 1. The summed E-state index contributed by atoms with van der Waals surface area (Å²) in [5.41, 5.74) is 2.88. The first-order valence-electron chi connectivity index (χ1n) is 10.4. The molecule has 1 fully saturated rings. The maximum atomic E-state index is 13.3. The maximum absolute atomic E-state index is 13.3. The Bertz CT molecular complexity index is 858. The van der Waals surface area contributed by atoms with Crippen LogP contribution in [0.25, 0.3) is 0 Å². The molecule has 1 aliphatic rings. The van der Waals surface area contributed by atoms with Gasteiger partial charge in [0, 0.05) is 31.4 Å². The summed E-state index contributed by atoms with van der Waals surface area (Å²) in [5, 5.41) is 2.90. The van der Waals surface area contributed by atoms with Crippen molar-refractivity contribution in [3.05, 3.63) is 54.1 Å². The average Bonchev–Trinajstić information content (AvgIpc) is 2.70. The van der Waals surface area contributed by atoms with Gasteiger partial charge < -0.3 is 19.9 Å². The van der Waals surface area contributed by atoms with Crippen LogP contribution in [0.2, 0.25) is 0 Å². The fraction of sp³-hybridized carbons (Fsp3) is 0.417. The number of nitrogens with zero attached hydrogens (tertiary/aromatic N) is 2. The quantitative estimate of drug-likeness (QED) is 0.724. The predicted molar refractivity (Wildman–Crippen MR) is 120 cm³/mol. The highest BCUT2D eigenvalue weighted by Gasteiger charge is 2.29. The van der Waals surface area contributed by atoms with Gasteiger partial charge in [-0.25, -0.2) is 0 Å². The SMILES string of the molecule is COc1ccc(N(Cc2ccc(N(C)C)cc2)C(=O)C(C)NC(=O)C2CCC2)cc1. The number of anilines is 2. The Hall–Kier alpha value is -3.02. The zero-order chi connectivity index (χ0) is 21.7. The zero-order valence-corrected chi connectivity index (χ0v) is 18.2. The molecule has 30 heavy (non-hydrogen) atoms. The van der Waals surface area contributed by atoms with Gasteiger partial charge in [-0.05, 0) is 61.7 Å². The molecule has 2 aromatic rings. The van der Waals surface area contributed by atoms with Gasteiger partial charge in [0.2, 0.25) is 11.8 Å². The van der Waals surface area contributed by atoms with Gasteiger partial charge in [0.15, 0.2) is 0 Å². The van der Waals surface area contributed by atoms with Crippen molar-refractivity contribution in [1.29, 1.82) is 0 Å². The van der Waals surface area contributed by atoms with Crippen LogP contribution in [0.1, 0.15) is 31.7 Å². The molecule has 0 saturated heterocycles. The van der Waals surface area contributed by atoms with Crippen LogP contribution in [-0.2, 0) is 16.1 Å². The number of amides is 2. The van der Waals surface area contributed by atoms with E-state index in [0.29, 0.717) is 6.54 Å². The van der Waals surface area contributed by atoms with E-state index >= 15 is 0 Å². The molecule has 1 saturated carbocycles. The van der Waals surface area contributed by atoms with Gasteiger partial charge in [0.1, 0.15) is 11.8 Å². The van der Waals surface area contributed by atoms with Gasteiger partial charge in [0.05, 0.1) is 13.7 Å². The van der Waals surface area contributed by atoms with Crippen molar-refractivity contribution in [2.75, 3.05) is 31.0 Å². The largest absolute Gasteiger partial charge is 0.497 e. The van der Waals surface area contributed by atoms with Crippen LogP contribution in [-0.4, -0.2) is 39.1 Å². The molecular formula is C24H31N3O3. The van der Waals surface area contributed by atoms with Crippen LogP contribution in [0.5, 0.6) is 5.75 Å². The third kappa shape index (κ3) is 5.12. The Balaban J connectivity index is 1.80. The topological polar surface area (TPSA) is 61.9 Å². The second-order valence-electron chi connectivity index (χ2n) is 8.04. The summed E-state index contributed by atoms with van der Waals surface area (Å²) >= 11 is 0. The average molecular weight is 410 g/mol. The lowest BCUT2D eigenvalue weighted by Crippen LogP contribution is -2.49. The molecular weight excluding hydrogens is 378 g/mol. The fourth-order valence-electron chi connectivity index (χ4n) is 3.44. The van der Waals surface area contributed by atoms with Gasteiger partial charge in [-0.2, -0.15) is 0 Å². The lowest BCUT2D eigenvalue weighted by atomic mass is 9.84. The van der Waals surface area contributed by atoms with E-state index in [-0.39, 0.29) is 17.7 Å². The Morgan fingerprint density at radius 3 is 2.13 bits per heavy atom. The van der Waals surface area contributed by atoms with Gasteiger partial charge in [-0.15, -0.1) is 0 Å². The van der Waals surface area contributed by atoms with E-state index < -0.39 is 6.04 Å². The number of methoxy groups -OCH3 is 1. The predicted octanol–water partition coefficient (Wildman–Crippen LogP) is 3.60. The molecule has 0 spiro atoms. The summed E-state index contributed by atoms with van der Waals surface area (Å²) in [6.07, 6.45) is 2.90. The minimum atomic E-state index is -0.596. The van der Waals surface area contributed by atoms with E-state index in [9.17, 15) is 9.59 Å². The Morgan fingerprint density at radius 1 is 1.03 bits per heavy atom. The van der Waals surface area contributed by atoms with Crippen molar-refractivity contribution < 1.29 is 14.3 Å². The van der Waals surface area contributed by atoms with Crippen LogP contribution in [0, 0.1) is 5.92 Å². The molecule has 160 valence electrons. The number of hydrogen-bond acceptors (Lipinski definition) is 4. The molecule has 0 aromatic heterocycles. The van der Waals surface area contributed by atoms with Gasteiger partial charge in [-0.3, -0.25) is 9.59 Å². The molecule has 0 aliphatic heterocycles. The Kier molecular flexibility index (Phi) is 6.98. The minimum Gasteiger partial charge on any atom is -0.497 e. The van der Waals surface area contributed by atoms with Crippen molar-refractivity contribution in [2.24, 2.45) is 5.92 Å². The number of benzene rings is 2. The normalized spacial score (nSPS) is 14.4. The maximum Gasteiger partial charge on any atom is 0.249 e. The van der Waals surface area contributed by atoms with Gasteiger partial charge >= 0.3 is 0 Å². The van der Waals surface area contributed by atoms with E-state index in [2.05, 4.69) is 5.32 Å². The molecule has 6 nitrogen and oxygen atoms in total. The molecule has 2 amide bonds. The molecule has 1 aliphatic carbocycles. The molecule has 1 unspecified atom stereocenters. The number of ether oxygens (including phenoxy) is 1. The highest BCUT2D eigenvalue weighted by molar-refractivity contribution is 5.99. The first kappa shape index (κ1) is 21.7. The summed E-state index contributed by atoms with van der Waals surface area (Å²) in [7, 11) is 5.60. The molecule has 0 heterocycles. The van der Waals surface area contributed by atoms with Gasteiger partial charge in [0.25, 0.3) is 0 Å². The highest BCUT2D eigenvalue weighted by Crippen LogP contribution is 2.27. The van der Waals surface area contributed by atoms with Crippen LogP contribution < -0.4 is 19.9 Å². The first-order valence-corrected chi connectivity index (χ1v) is 10.4. The monoisotopic (exact) mass is 409 g/mol. The Labute approximate surface area is 178 Å². The molecule has 6 heteroatoms. The lowest BCUT2D eigenvalue weighted by Gasteiger charge is -2.29. The number of carbonyl (C=O) groups excluding carboxylic acids is 2. The summed E-state index contributed by atoms with van der Waals surface area (Å²) in [5.74, 6) is 0.623. The Morgan fingerprint density at radius 2 is 1.63 bits per heavy atom. The summed E-state index contributed by atoms with van der Waals surface area (Å²) in [6, 6.07) is 14.9. The van der Waals surface area contributed by atoms with E-state index in [0.717, 1.165) is 42.0 Å². The smallest absolute Gasteiger partial charge is 0.249 e. The summed E-state index contributed by atoms with van der Waals surface area (Å²) < 4.78 is 5.24. The van der Waals surface area contributed by atoms with Crippen molar-refractivity contribution in [3.8, 4) is 5.75 Å². The highest BCUT2D eigenvalue weighted by atomic mass is 16.5. The number of nitrogens with one attached hydrogen (secondary N) is 1. The van der Waals surface area contributed by atoms with Crippen LogP contribution in [0.3, 0.4) is 0 Å². The molecule has 1 atom stereocenters. The third-order valence-corrected chi connectivity index (χ3v) is 5.65. The molecule has 2 aromatic carbocycles. The van der Waals surface area contributed by atoms with Crippen molar-refractivity contribution in [3.63, 3.8) is 0 Å². The van der Waals surface area contributed by atoms with Crippen molar-refractivity contribution >= 4 is 23.2 Å². The van der Waals surface area contributed by atoms with E-state index in [1.54, 1.807) is 18.9 Å². The third-order valence-electron chi connectivity index (χ3n) is 5.65. The second-order valence-corrected chi connectivity index (χ2v) is 8.04. The number of carbonyl (C=O) groups is 2. The van der Waals surface area contributed by atoms with E-state index in [4.69, 9.17) is 4.74 Å². The van der Waals surface area contributed by atoms with Crippen molar-refractivity contribution in [1.82, 2.24) is 5.32 Å². The standard InChI is InChI=1S/C24H31N3O3/c1-17(25-23(28)19-6-5-7-19)24(29)27(21-12-14-22(30-4)15-13-21)16-18-8-10-20(11-9-18)26(2)3/h8-15,17,19H,5-7,16H2,1-4H3,(H,25,28).